The number of benzene rings is 1. The van der Waals surface area contributed by atoms with Crippen LogP contribution in [0.5, 0.6) is 0 Å². The van der Waals surface area contributed by atoms with E-state index in [1.165, 1.54) is 17.0 Å². The summed E-state index contributed by atoms with van der Waals surface area (Å²) < 4.78 is 52.9. The lowest BCUT2D eigenvalue weighted by molar-refractivity contribution is -0.148. The molecule has 12 heteroatoms. The van der Waals surface area contributed by atoms with Crippen molar-refractivity contribution >= 4 is 16.8 Å². The second kappa shape index (κ2) is 9.00. The number of nitrogens with zero attached hydrogens (tertiary/aromatic N) is 5. The third-order valence-corrected chi connectivity index (χ3v) is 4.86. The molecule has 8 nitrogen and oxygen atoms in total. The molecule has 1 aliphatic heterocycles. The first kappa shape index (κ1) is 22.7. The molecular weight excluding hydrogens is 418 g/mol. The van der Waals surface area contributed by atoms with Gasteiger partial charge in [0.1, 0.15) is 5.82 Å². The van der Waals surface area contributed by atoms with E-state index in [-0.39, 0.29) is 37.8 Å². The minimum atomic E-state index is -4.59. The largest absolute Gasteiger partial charge is 0.451 e. The molecule has 3 N–H and O–H groups in total. The summed E-state index contributed by atoms with van der Waals surface area (Å²) in [4.78, 5) is 14.0. The molecule has 1 aromatic carbocycles. The SMILES string of the molecule is CC.NC(CC(=O)N1CCn2c(nnc2C(F)(F)F)C1)Cc1[nH]nc2cc(F)ccc12. The molecule has 0 saturated heterocycles. The molecule has 0 saturated carbocycles. The molecule has 1 unspecified atom stereocenters. The number of alkyl halides is 3. The van der Waals surface area contributed by atoms with Gasteiger partial charge in [0.2, 0.25) is 11.7 Å². The molecule has 3 heterocycles. The van der Waals surface area contributed by atoms with Crippen molar-refractivity contribution < 1.29 is 22.4 Å². The van der Waals surface area contributed by atoms with E-state index in [0.717, 1.165) is 9.95 Å². The second-order valence-electron chi connectivity index (χ2n) is 6.94. The van der Waals surface area contributed by atoms with Crippen LogP contribution in [0.1, 0.15) is 37.6 Å². The predicted molar refractivity (Wildman–Crippen MR) is 104 cm³/mol. The highest BCUT2D eigenvalue weighted by Crippen LogP contribution is 2.29. The van der Waals surface area contributed by atoms with Gasteiger partial charge in [-0.3, -0.25) is 9.89 Å². The summed E-state index contributed by atoms with van der Waals surface area (Å²) in [6.07, 6.45) is -4.27. The molecule has 0 bridgehead atoms. The Kier molecular flexibility index (Phi) is 6.58. The van der Waals surface area contributed by atoms with E-state index in [0.29, 0.717) is 17.6 Å². The van der Waals surface area contributed by atoms with Crippen molar-refractivity contribution in [3.63, 3.8) is 0 Å². The van der Waals surface area contributed by atoms with E-state index >= 15 is 0 Å². The minimum Gasteiger partial charge on any atom is -0.333 e. The Morgan fingerprint density at radius 1 is 1.26 bits per heavy atom. The molecule has 3 aromatic rings. The molecule has 4 rings (SSSR count). The Labute approximate surface area is 175 Å². The van der Waals surface area contributed by atoms with Gasteiger partial charge in [0, 0.05) is 49.1 Å². The van der Waals surface area contributed by atoms with E-state index in [9.17, 15) is 22.4 Å². The Morgan fingerprint density at radius 3 is 2.71 bits per heavy atom. The number of carbonyl (C=O) groups excluding carboxylic acids is 1. The second-order valence-corrected chi connectivity index (χ2v) is 6.94. The summed E-state index contributed by atoms with van der Waals surface area (Å²) in [7, 11) is 0. The smallest absolute Gasteiger partial charge is 0.333 e. The fourth-order valence-electron chi connectivity index (χ4n) is 3.46. The van der Waals surface area contributed by atoms with Crippen molar-refractivity contribution in [3.05, 3.63) is 41.4 Å². The fourth-order valence-corrected chi connectivity index (χ4v) is 3.46. The van der Waals surface area contributed by atoms with Gasteiger partial charge in [0.15, 0.2) is 5.82 Å². The normalized spacial score (nSPS) is 14.7. The molecule has 1 atom stereocenters. The van der Waals surface area contributed by atoms with E-state index in [2.05, 4.69) is 20.4 Å². The van der Waals surface area contributed by atoms with Crippen LogP contribution < -0.4 is 5.73 Å². The lowest BCUT2D eigenvalue weighted by Crippen LogP contribution is -2.42. The number of hydrogen-bond acceptors (Lipinski definition) is 5. The summed E-state index contributed by atoms with van der Waals surface area (Å²) >= 11 is 0. The lowest BCUT2D eigenvalue weighted by Gasteiger charge is -2.29. The number of nitrogens with two attached hydrogens (primary N) is 1. The highest BCUT2D eigenvalue weighted by atomic mass is 19.4. The monoisotopic (exact) mass is 441 g/mol. The fraction of sp³-hybridized carbons (Fsp3) is 0.474. The van der Waals surface area contributed by atoms with E-state index in [1.54, 1.807) is 6.07 Å². The number of aromatic amines is 1. The summed E-state index contributed by atoms with van der Waals surface area (Å²) in [5, 5.41) is 14.3. The van der Waals surface area contributed by atoms with Crippen molar-refractivity contribution in [2.24, 2.45) is 5.73 Å². The first-order valence-electron chi connectivity index (χ1n) is 9.87. The number of amides is 1. The maximum atomic E-state index is 13.3. The van der Waals surface area contributed by atoms with Crippen molar-refractivity contribution in [2.75, 3.05) is 6.54 Å². The quantitative estimate of drug-likeness (QED) is 0.606. The molecule has 31 heavy (non-hydrogen) atoms. The van der Waals surface area contributed by atoms with Crippen molar-refractivity contribution in [2.45, 2.75) is 52.0 Å². The van der Waals surface area contributed by atoms with Gasteiger partial charge in [0.25, 0.3) is 0 Å². The zero-order chi connectivity index (χ0) is 22.8. The number of aromatic nitrogens is 5. The first-order chi connectivity index (χ1) is 14.7. The summed E-state index contributed by atoms with van der Waals surface area (Å²) in [5.74, 6) is -1.65. The van der Waals surface area contributed by atoms with Crippen LogP contribution in [0.3, 0.4) is 0 Å². The van der Waals surface area contributed by atoms with Gasteiger partial charge >= 0.3 is 6.18 Å². The summed E-state index contributed by atoms with van der Waals surface area (Å²) in [6.45, 7) is 4.03. The van der Waals surface area contributed by atoms with E-state index < -0.39 is 23.9 Å². The highest BCUT2D eigenvalue weighted by molar-refractivity contribution is 5.81. The van der Waals surface area contributed by atoms with Crippen molar-refractivity contribution in [1.82, 2.24) is 29.9 Å². The number of hydrogen-bond donors (Lipinski definition) is 2. The molecule has 1 amide bonds. The molecule has 0 fully saturated rings. The number of nitrogens with one attached hydrogen (secondary N) is 1. The molecular formula is C19H23F4N7O. The first-order valence-corrected chi connectivity index (χ1v) is 9.87. The Bertz CT molecular complexity index is 1060. The van der Waals surface area contributed by atoms with Gasteiger partial charge in [0.05, 0.1) is 12.1 Å². The molecule has 0 radical (unpaired) electrons. The lowest BCUT2D eigenvalue weighted by atomic mass is 10.0. The van der Waals surface area contributed by atoms with Gasteiger partial charge in [-0.15, -0.1) is 10.2 Å². The number of fused-ring (bicyclic) bond motifs is 2. The third-order valence-electron chi connectivity index (χ3n) is 4.86. The van der Waals surface area contributed by atoms with Crippen molar-refractivity contribution in [3.8, 4) is 0 Å². The van der Waals surface area contributed by atoms with Crippen molar-refractivity contribution in [1.29, 1.82) is 0 Å². The Balaban J connectivity index is 0.00000132. The molecule has 0 aliphatic carbocycles. The zero-order valence-corrected chi connectivity index (χ0v) is 17.1. The van der Waals surface area contributed by atoms with Crippen LogP contribution in [-0.4, -0.2) is 48.4 Å². The van der Waals surface area contributed by atoms with Crippen LogP contribution in [-0.2, 0) is 30.5 Å². The van der Waals surface area contributed by atoms with Crippen LogP contribution in [0.25, 0.3) is 10.9 Å². The molecule has 1 aliphatic rings. The minimum absolute atomic E-state index is 0.00196. The van der Waals surface area contributed by atoms with Gasteiger partial charge in [-0.05, 0) is 12.1 Å². The number of rotatable bonds is 4. The average Bonchev–Trinajstić information content (AvgIpc) is 3.32. The van der Waals surface area contributed by atoms with Gasteiger partial charge in [-0.25, -0.2) is 4.39 Å². The number of halogens is 4. The van der Waals surface area contributed by atoms with Crippen LogP contribution in [0.15, 0.2) is 18.2 Å². The predicted octanol–water partition coefficient (Wildman–Crippen LogP) is 2.64. The standard InChI is InChI=1S/C17H17F4N7O.C2H6/c18-9-1-2-11-12(5-9)23-24-13(11)6-10(22)7-15(29)27-3-4-28-14(8-27)25-26-16(28)17(19,20)21;1-2/h1-2,5,10H,3-4,6-8,22H2,(H,23,24);1-2H3. The average molecular weight is 441 g/mol. The molecule has 2 aromatic heterocycles. The zero-order valence-electron chi connectivity index (χ0n) is 17.1. The highest BCUT2D eigenvalue weighted by Gasteiger charge is 2.39. The third kappa shape index (κ3) is 4.84. The maximum Gasteiger partial charge on any atom is 0.451 e. The number of H-pyrrole nitrogens is 1. The van der Waals surface area contributed by atoms with Gasteiger partial charge in [-0.2, -0.15) is 18.3 Å². The maximum absolute atomic E-state index is 13.3. The van der Waals surface area contributed by atoms with Crippen LogP contribution >= 0.6 is 0 Å². The van der Waals surface area contributed by atoms with E-state index in [4.69, 9.17) is 5.73 Å². The van der Waals surface area contributed by atoms with Crippen LogP contribution in [0.4, 0.5) is 17.6 Å². The topological polar surface area (TPSA) is 106 Å². The number of carbonyl (C=O) groups is 1. The van der Waals surface area contributed by atoms with Crippen LogP contribution in [0, 0.1) is 5.82 Å². The van der Waals surface area contributed by atoms with Gasteiger partial charge in [-0.1, -0.05) is 13.8 Å². The summed E-state index contributed by atoms with van der Waals surface area (Å²) in [5.41, 5.74) is 7.25. The Morgan fingerprint density at radius 2 is 2.00 bits per heavy atom. The summed E-state index contributed by atoms with van der Waals surface area (Å²) in [6, 6.07) is 3.66. The van der Waals surface area contributed by atoms with E-state index in [1.807, 2.05) is 13.8 Å². The van der Waals surface area contributed by atoms with Gasteiger partial charge < -0.3 is 15.2 Å². The Hall–Kier alpha value is -3.02. The molecule has 0 spiro atoms. The molecule has 168 valence electrons. The van der Waals surface area contributed by atoms with Crippen LogP contribution in [0.2, 0.25) is 0 Å².